The maximum absolute atomic E-state index is 14.0. The van der Waals surface area contributed by atoms with Crippen LogP contribution in [-0.4, -0.2) is 50.5 Å². The van der Waals surface area contributed by atoms with Gasteiger partial charge in [0.1, 0.15) is 12.6 Å². The van der Waals surface area contributed by atoms with Crippen LogP contribution in [0.25, 0.3) is 0 Å². The third-order valence-electron chi connectivity index (χ3n) is 6.43. The summed E-state index contributed by atoms with van der Waals surface area (Å²) in [6.45, 7) is 4.27. The monoisotopic (exact) mass is 535 g/mol. The molecule has 1 unspecified atom stereocenters. The fourth-order valence-corrected chi connectivity index (χ4v) is 5.09. The Morgan fingerprint density at radius 3 is 2.11 bits per heavy atom. The van der Waals surface area contributed by atoms with Gasteiger partial charge in [-0.25, -0.2) is 8.42 Å². The first kappa shape index (κ1) is 28.9. The van der Waals surface area contributed by atoms with E-state index in [0.29, 0.717) is 18.7 Å². The number of amides is 2. The van der Waals surface area contributed by atoms with Gasteiger partial charge in [-0.1, -0.05) is 86.1 Å². The molecule has 0 bridgehead atoms. The van der Waals surface area contributed by atoms with Crippen LogP contribution in [0.1, 0.15) is 36.5 Å². The van der Waals surface area contributed by atoms with E-state index in [-0.39, 0.29) is 12.5 Å². The molecule has 3 aromatic rings. The quantitative estimate of drug-likeness (QED) is 0.330. The summed E-state index contributed by atoms with van der Waals surface area (Å²) in [4.78, 5) is 29.1. The van der Waals surface area contributed by atoms with Crippen LogP contribution in [0.15, 0.2) is 84.9 Å². The number of rotatable bonds is 13. The zero-order valence-electron chi connectivity index (χ0n) is 22.3. The van der Waals surface area contributed by atoms with Gasteiger partial charge in [0, 0.05) is 19.5 Å². The molecule has 7 nitrogen and oxygen atoms in total. The molecule has 0 saturated heterocycles. The van der Waals surface area contributed by atoms with Gasteiger partial charge in [-0.2, -0.15) is 0 Å². The number of para-hydroxylation sites is 1. The van der Waals surface area contributed by atoms with Gasteiger partial charge in [0.05, 0.1) is 11.9 Å². The van der Waals surface area contributed by atoms with Crippen molar-refractivity contribution in [3.63, 3.8) is 0 Å². The number of hydrogen-bond acceptors (Lipinski definition) is 4. The summed E-state index contributed by atoms with van der Waals surface area (Å²) in [5.41, 5.74) is 3.18. The van der Waals surface area contributed by atoms with Crippen molar-refractivity contribution < 1.29 is 18.0 Å². The highest BCUT2D eigenvalue weighted by atomic mass is 32.2. The summed E-state index contributed by atoms with van der Waals surface area (Å²) in [5.74, 6) is -0.705. The van der Waals surface area contributed by atoms with Crippen LogP contribution >= 0.6 is 0 Å². The lowest BCUT2D eigenvalue weighted by Gasteiger charge is -2.34. The van der Waals surface area contributed by atoms with E-state index in [1.165, 1.54) is 4.90 Å². The number of benzene rings is 3. The molecular formula is C30H37N3O4S. The van der Waals surface area contributed by atoms with E-state index in [9.17, 15) is 18.0 Å². The van der Waals surface area contributed by atoms with Gasteiger partial charge >= 0.3 is 0 Å². The topological polar surface area (TPSA) is 86.8 Å². The van der Waals surface area contributed by atoms with Crippen LogP contribution in [0.2, 0.25) is 0 Å². The van der Waals surface area contributed by atoms with Crippen LogP contribution < -0.4 is 9.62 Å². The first-order valence-electron chi connectivity index (χ1n) is 12.9. The van der Waals surface area contributed by atoms with E-state index >= 15 is 0 Å². The van der Waals surface area contributed by atoms with Crippen molar-refractivity contribution in [1.82, 2.24) is 10.2 Å². The molecule has 0 heterocycles. The molecule has 3 rings (SSSR count). The van der Waals surface area contributed by atoms with Crippen LogP contribution in [0.3, 0.4) is 0 Å². The van der Waals surface area contributed by atoms with Gasteiger partial charge in [-0.3, -0.25) is 13.9 Å². The molecule has 0 aliphatic heterocycles. The molecule has 0 aliphatic rings. The number of unbranched alkanes of at least 4 members (excludes halogenated alkanes) is 1. The van der Waals surface area contributed by atoms with Gasteiger partial charge in [0.25, 0.3) is 0 Å². The Kier molecular flexibility index (Phi) is 10.5. The highest BCUT2D eigenvalue weighted by Crippen LogP contribution is 2.21. The smallest absolute Gasteiger partial charge is 0.244 e. The van der Waals surface area contributed by atoms with E-state index < -0.39 is 28.5 Å². The molecule has 0 spiro atoms. The summed E-state index contributed by atoms with van der Waals surface area (Å²) < 4.78 is 26.6. The van der Waals surface area contributed by atoms with Crippen molar-refractivity contribution in [2.45, 2.75) is 45.7 Å². The van der Waals surface area contributed by atoms with Crippen LogP contribution in [0.4, 0.5) is 5.69 Å². The van der Waals surface area contributed by atoms with Crippen molar-refractivity contribution >= 4 is 27.5 Å². The lowest BCUT2D eigenvalue weighted by atomic mass is 10.0. The first-order valence-corrected chi connectivity index (χ1v) is 14.7. The highest BCUT2D eigenvalue weighted by Gasteiger charge is 2.33. The molecule has 1 N–H and O–H groups in total. The summed E-state index contributed by atoms with van der Waals surface area (Å²) in [5, 5.41) is 2.99. The number of carbonyl (C=O) groups excluding carboxylic acids is 2. The Bertz CT molecular complexity index is 1300. The number of anilines is 1. The standard InChI is InChI=1S/C30H37N3O4S/c1-4-5-20-31-30(35)28(21-25-15-8-6-9-16-25)32(22-26-17-13-12-14-24(26)2)29(34)23-33(38(3,36)37)27-18-10-7-11-19-27/h6-19,28H,4-5,20-23H2,1-3H3,(H,31,35). The predicted molar refractivity (Wildman–Crippen MR) is 152 cm³/mol. The summed E-state index contributed by atoms with van der Waals surface area (Å²) in [6.07, 6.45) is 3.14. The molecule has 0 radical (unpaired) electrons. The van der Waals surface area contributed by atoms with Crippen molar-refractivity contribution in [2.24, 2.45) is 0 Å². The molecule has 202 valence electrons. The van der Waals surface area contributed by atoms with Crippen LogP contribution in [-0.2, 0) is 32.6 Å². The first-order chi connectivity index (χ1) is 18.2. The second-order valence-electron chi connectivity index (χ2n) is 9.40. The van der Waals surface area contributed by atoms with Crippen molar-refractivity contribution in [2.75, 3.05) is 23.7 Å². The third kappa shape index (κ3) is 8.18. The fourth-order valence-electron chi connectivity index (χ4n) is 4.24. The Morgan fingerprint density at radius 1 is 0.895 bits per heavy atom. The van der Waals surface area contributed by atoms with E-state index in [1.54, 1.807) is 30.3 Å². The number of hydrogen-bond donors (Lipinski definition) is 1. The predicted octanol–water partition coefficient (Wildman–Crippen LogP) is 4.32. The van der Waals surface area contributed by atoms with Gasteiger partial charge in [-0.15, -0.1) is 0 Å². The molecule has 0 aromatic heterocycles. The minimum atomic E-state index is -3.76. The average Bonchev–Trinajstić information content (AvgIpc) is 2.90. The Balaban J connectivity index is 2.02. The van der Waals surface area contributed by atoms with Gasteiger partial charge in [-0.05, 0) is 42.2 Å². The molecule has 0 aliphatic carbocycles. The maximum atomic E-state index is 14.0. The fraction of sp³-hybridized carbons (Fsp3) is 0.333. The second-order valence-corrected chi connectivity index (χ2v) is 11.3. The molecule has 38 heavy (non-hydrogen) atoms. The molecule has 1 atom stereocenters. The molecule has 8 heteroatoms. The number of nitrogens with zero attached hydrogens (tertiary/aromatic N) is 2. The lowest BCUT2D eigenvalue weighted by molar-refractivity contribution is -0.140. The lowest BCUT2D eigenvalue weighted by Crippen LogP contribution is -2.53. The number of carbonyl (C=O) groups is 2. The molecule has 2 amide bonds. The van der Waals surface area contributed by atoms with Gasteiger partial charge in [0.2, 0.25) is 21.8 Å². The van der Waals surface area contributed by atoms with Crippen LogP contribution in [0, 0.1) is 6.92 Å². The van der Waals surface area contributed by atoms with E-state index in [0.717, 1.165) is 40.1 Å². The summed E-state index contributed by atoms with van der Waals surface area (Å²) >= 11 is 0. The Hall–Kier alpha value is -3.65. The molecule has 0 saturated carbocycles. The van der Waals surface area contributed by atoms with E-state index in [2.05, 4.69) is 5.32 Å². The second kappa shape index (κ2) is 13.8. The zero-order valence-corrected chi connectivity index (χ0v) is 23.2. The van der Waals surface area contributed by atoms with Gasteiger partial charge < -0.3 is 10.2 Å². The van der Waals surface area contributed by atoms with Gasteiger partial charge in [0.15, 0.2) is 0 Å². The minimum Gasteiger partial charge on any atom is -0.354 e. The Labute approximate surface area is 226 Å². The Morgan fingerprint density at radius 2 is 1.50 bits per heavy atom. The normalized spacial score (nSPS) is 12.0. The van der Waals surface area contributed by atoms with Crippen molar-refractivity contribution in [3.05, 3.63) is 102 Å². The highest BCUT2D eigenvalue weighted by molar-refractivity contribution is 7.92. The van der Waals surface area contributed by atoms with Crippen LogP contribution in [0.5, 0.6) is 0 Å². The summed E-state index contributed by atoms with van der Waals surface area (Å²) in [7, 11) is -3.76. The van der Waals surface area contributed by atoms with Crippen molar-refractivity contribution in [1.29, 1.82) is 0 Å². The number of sulfonamides is 1. The SMILES string of the molecule is CCCCNC(=O)C(Cc1ccccc1)N(Cc1ccccc1C)C(=O)CN(c1ccccc1)S(C)(=O)=O. The molecule has 3 aromatic carbocycles. The van der Waals surface area contributed by atoms with E-state index in [1.807, 2.05) is 68.4 Å². The van der Waals surface area contributed by atoms with E-state index in [4.69, 9.17) is 0 Å². The number of nitrogens with one attached hydrogen (secondary N) is 1. The zero-order chi connectivity index (χ0) is 27.5. The van der Waals surface area contributed by atoms with Crippen molar-refractivity contribution in [3.8, 4) is 0 Å². The minimum absolute atomic E-state index is 0.177. The maximum Gasteiger partial charge on any atom is 0.244 e. The summed E-state index contributed by atoms with van der Waals surface area (Å²) in [6, 6.07) is 25.0. The number of aryl methyl sites for hydroxylation is 1. The molecule has 0 fully saturated rings. The average molecular weight is 536 g/mol. The third-order valence-corrected chi connectivity index (χ3v) is 7.57. The largest absolute Gasteiger partial charge is 0.354 e. The molecular weight excluding hydrogens is 498 g/mol.